The molecule has 11 heteroatoms. The Hall–Kier alpha value is -4.28. The lowest BCUT2D eigenvalue weighted by Gasteiger charge is -2.15. The van der Waals surface area contributed by atoms with E-state index in [-0.39, 0.29) is 34.5 Å². The predicted molar refractivity (Wildman–Crippen MR) is 114 cm³/mol. The van der Waals surface area contributed by atoms with Crippen LogP contribution in [0.1, 0.15) is 23.1 Å². The van der Waals surface area contributed by atoms with Crippen LogP contribution in [0.15, 0.2) is 52.7 Å². The van der Waals surface area contributed by atoms with Gasteiger partial charge < -0.3 is 26.6 Å². The molecule has 1 amide bonds. The number of halogens is 1. The van der Waals surface area contributed by atoms with Gasteiger partial charge in [0, 0.05) is 25.5 Å². The largest absolute Gasteiger partial charge is 0.859 e. The van der Waals surface area contributed by atoms with E-state index in [1.807, 2.05) is 0 Å². The third kappa shape index (κ3) is 5.85. The van der Waals surface area contributed by atoms with Crippen LogP contribution in [-0.2, 0) is 6.42 Å². The number of hydrogen-bond donors (Lipinski definition) is 3. The Kier molecular flexibility index (Phi) is 7.78. The molecule has 1 aromatic carbocycles. The van der Waals surface area contributed by atoms with E-state index in [0.29, 0.717) is 12.1 Å². The van der Waals surface area contributed by atoms with Crippen LogP contribution >= 0.6 is 0 Å². The summed E-state index contributed by atoms with van der Waals surface area (Å²) in [4.78, 5) is 27.9. The number of amides is 1. The summed E-state index contributed by atoms with van der Waals surface area (Å²) in [6, 6.07) is 3.62. The molecule has 0 fully saturated rings. The minimum Gasteiger partial charge on any atom is -0.859 e. The quantitative estimate of drug-likeness (QED) is 0.404. The van der Waals surface area contributed by atoms with Crippen molar-refractivity contribution in [2.24, 2.45) is 21.5 Å². The molecule has 2 aromatic rings. The number of aliphatic imine (C=N–C) groups is 2. The van der Waals surface area contributed by atoms with E-state index in [1.165, 1.54) is 31.6 Å². The monoisotopic (exact) mass is 426 g/mol. The van der Waals surface area contributed by atoms with E-state index >= 15 is 0 Å². The molecule has 0 spiro atoms. The van der Waals surface area contributed by atoms with Gasteiger partial charge in [0.2, 0.25) is 5.88 Å². The van der Waals surface area contributed by atoms with Gasteiger partial charge in [-0.05, 0) is 24.5 Å². The Morgan fingerprint density at radius 1 is 1.42 bits per heavy atom. The molecule has 10 nitrogen and oxygen atoms in total. The second kappa shape index (κ2) is 10.5. The second-order valence-electron chi connectivity index (χ2n) is 5.90. The number of carbonyl (C=O) groups is 1. The zero-order valence-electron chi connectivity index (χ0n) is 16.9. The highest BCUT2D eigenvalue weighted by molar-refractivity contribution is 5.97. The summed E-state index contributed by atoms with van der Waals surface area (Å²) in [7, 11) is 1.53. The average Bonchev–Trinajstić information content (AvgIpc) is 2.75. The van der Waals surface area contributed by atoms with Crippen molar-refractivity contribution >= 4 is 29.5 Å². The molecule has 0 radical (unpaired) electrons. The maximum atomic E-state index is 14.3. The van der Waals surface area contributed by atoms with Gasteiger partial charge in [-0.1, -0.05) is 19.6 Å². The number of rotatable bonds is 9. The summed E-state index contributed by atoms with van der Waals surface area (Å²) < 4.78 is 19.9. The van der Waals surface area contributed by atoms with Crippen molar-refractivity contribution in [3.8, 4) is 11.6 Å². The summed E-state index contributed by atoms with van der Waals surface area (Å²) in [6.45, 7) is 5.07. The SMILES string of the molecule is C=CC([O-])=Nc1ccc(F)c(Oc2nc(NC(C=NC)=CN)c(C(N)=O)nc2CC)c1. The van der Waals surface area contributed by atoms with Crippen molar-refractivity contribution in [2.45, 2.75) is 13.3 Å². The maximum Gasteiger partial charge on any atom is 0.271 e. The highest BCUT2D eigenvalue weighted by atomic mass is 19.1. The molecule has 1 aromatic heterocycles. The summed E-state index contributed by atoms with van der Waals surface area (Å²) >= 11 is 0. The normalized spacial score (nSPS) is 12.1. The zero-order chi connectivity index (χ0) is 23.0. The number of benzene rings is 1. The fourth-order valence-corrected chi connectivity index (χ4v) is 2.34. The standard InChI is InChI=1S/C20H22FN7O3/c1-4-14-20(31-15-8-11(6-7-13(15)21)25-16(29)5-2)28-19(17(27-14)18(23)30)26-12(9-22)10-24-3/h5-10H,2,4,22H2,1,3H3,(H2,23,30)(H,25,29)(H,26,28)/p-1. The summed E-state index contributed by atoms with van der Waals surface area (Å²) in [5.41, 5.74) is 11.5. The van der Waals surface area contributed by atoms with E-state index in [2.05, 4.69) is 31.8 Å². The average molecular weight is 426 g/mol. The molecular weight excluding hydrogens is 405 g/mol. The summed E-state index contributed by atoms with van der Waals surface area (Å²) in [5, 5.41) is 14.2. The van der Waals surface area contributed by atoms with Crippen LogP contribution in [-0.4, -0.2) is 35.0 Å². The first-order valence-corrected chi connectivity index (χ1v) is 9.00. The molecule has 0 saturated heterocycles. The third-order valence-electron chi connectivity index (χ3n) is 3.75. The number of aromatic nitrogens is 2. The van der Waals surface area contributed by atoms with Crippen LogP contribution in [0.3, 0.4) is 0 Å². The fraction of sp³-hybridized carbons (Fsp3) is 0.150. The lowest BCUT2D eigenvalue weighted by atomic mass is 10.2. The molecule has 0 saturated carbocycles. The van der Waals surface area contributed by atoms with Crippen molar-refractivity contribution < 1.29 is 19.0 Å². The molecule has 2 rings (SSSR count). The Bertz CT molecular complexity index is 1080. The van der Waals surface area contributed by atoms with E-state index in [1.54, 1.807) is 6.92 Å². The number of hydrogen-bond acceptors (Lipinski definition) is 9. The molecule has 0 unspecified atom stereocenters. The van der Waals surface area contributed by atoms with Crippen molar-refractivity contribution in [3.63, 3.8) is 0 Å². The molecular formula is C20H21FN7O3-. The molecule has 0 aliphatic carbocycles. The van der Waals surface area contributed by atoms with Crippen molar-refractivity contribution in [1.82, 2.24) is 9.97 Å². The van der Waals surface area contributed by atoms with E-state index in [0.717, 1.165) is 12.1 Å². The van der Waals surface area contributed by atoms with Crippen molar-refractivity contribution in [1.29, 1.82) is 0 Å². The summed E-state index contributed by atoms with van der Waals surface area (Å²) in [6.07, 6.45) is 3.92. The van der Waals surface area contributed by atoms with Crippen LogP contribution in [0.4, 0.5) is 15.9 Å². The fourth-order valence-electron chi connectivity index (χ4n) is 2.34. The number of anilines is 1. The molecule has 0 aliphatic heterocycles. The van der Waals surface area contributed by atoms with Gasteiger partial charge in [0.1, 0.15) is 5.69 Å². The number of nitrogens with two attached hydrogens (primary N) is 2. The van der Waals surface area contributed by atoms with Gasteiger partial charge in [-0.3, -0.25) is 14.8 Å². The maximum absolute atomic E-state index is 14.3. The minimum atomic E-state index is -0.837. The number of nitrogens with zero attached hydrogens (tertiary/aromatic N) is 4. The lowest BCUT2D eigenvalue weighted by Crippen LogP contribution is -2.20. The van der Waals surface area contributed by atoms with Gasteiger partial charge in [0.15, 0.2) is 23.1 Å². The number of primary amides is 1. The van der Waals surface area contributed by atoms with Crippen molar-refractivity contribution in [2.75, 3.05) is 12.4 Å². The lowest BCUT2D eigenvalue weighted by molar-refractivity contribution is -0.211. The van der Waals surface area contributed by atoms with Crippen LogP contribution in [0.5, 0.6) is 11.6 Å². The zero-order valence-corrected chi connectivity index (χ0v) is 16.9. The topological polar surface area (TPSA) is 164 Å². The van der Waals surface area contributed by atoms with Gasteiger partial charge in [-0.15, -0.1) is 0 Å². The minimum absolute atomic E-state index is 0.0561. The molecule has 0 aliphatic rings. The molecule has 0 atom stereocenters. The molecule has 5 N–H and O–H groups in total. The summed E-state index contributed by atoms with van der Waals surface area (Å²) in [5.74, 6) is -2.53. The van der Waals surface area contributed by atoms with Gasteiger partial charge in [-0.25, -0.2) is 9.37 Å². The van der Waals surface area contributed by atoms with E-state index in [4.69, 9.17) is 16.2 Å². The third-order valence-corrected chi connectivity index (χ3v) is 3.75. The van der Waals surface area contributed by atoms with Crippen LogP contribution in [0.25, 0.3) is 0 Å². The highest BCUT2D eigenvalue weighted by Gasteiger charge is 2.20. The Balaban J connectivity index is 2.56. The Morgan fingerprint density at radius 2 is 2.16 bits per heavy atom. The molecule has 1 heterocycles. The van der Waals surface area contributed by atoms with E-state index < -0.39 is 17.6 Å². The predicted octanol–water partition coefficient (Wildman–Crippen LogP) is 1.56. The highest BCUT2D eigenvalue weighted by Crippen LogP contribution is 2.31. The van der Waals surface area contributed by atoms with E-state index in [9.17, 15) is 14.3 Å². The smallest absolute Gasteiger partial charge is 0.271 e. The first-order valence-electron chi connectivity index (χ1n) is 9.00. The molecule has 31 heavy (non-hydrogen) atoms. The van der Waals surface area contributed by atoms with Gasteiger partial charge >= 0.3 is 0 Å². The van der Waals surface area contributed by atoms with Gasteiger partial charge in [0.05, 0.1) is 11.4 Å². The van der Waals surface area contributed by atoms with Crippen LogP contribution in [0, 0.1) is 5.82 Å². The first-order chi connectivity index (χ1) is 14.8. The van der Waals surface area contributed by atoms with Crippen molar-refractivity contribution in [3.05, 3.63) is 60.0 Å². The molecule has 162 valence electrons. The number of aryl methyl sites for hydroxylation is 1. The van der Waals surface area contributed by atoms with Gasteiger partial charge in [-0.2, -0.15) is 4.98 Å². The number of ether oxygens (including phenoxy) is 1. The number of allylic oxidation sites excluding steroid dienone is 1. The number of nitrogens with one attached hydrogen (secondary N) is 1. The number of carbonyl (C=O) groups excluding carboxylic acids is 1. The van der Waals surface area contributed by atoms with Crippen LogP contribution < -0.4 is 26.6 Å². The molecule has 0 bridgehead atoms. The Labute approximate surface area is 177 Å². The van der Waals surface area contributed by atoms with Crippen LogP contribution in [0.2, 0.25) is 0 Å². The van der Waals surface area contributed by atoms with Gasteiger partial charge in [0.25, 0.3) is 5.91 Å². The first kappa shape index (κ1) is 23.0. The Morgan fingerprint density at radius 3 is 2.74 bits per heavy atom. The second-order valence-corrected chi connectivity index (χ2v) is 5.90.